The second-order valence-electron chi connectivity index (χ2n) is 5.21. The lowest BCUT2D eigenvalue weighted by Crippen LogP contribution is -2.31. The number of ether oxygens (including phenoxy) is 2. The average molecular weight is 277 g/mol. The van der Waals surface area contributed by atoms with Crippen molar-refractivity contribution >= 4 is 5.97 Å². The van der Waals surface area contributed by atoms with Crippen LogP contribution in [-0.4, -0.2) is 26.2 Å². The molecule has 0 saturated heterocycles. The van der Waals surface area contributed by atoms with Crippen LogP contribution in [0.1, 0.15) is 36.9 Å². The van der Waals surface area contributed by atoms with Crippen LogP contribution in [0.15, 0.2) is 24.3 Å². The molecule has 1 aromatic rings. The van der Waals surface area contributed by atoms with Gasteiger partial charge in [-0.3, -0.25) is 0 Å². The van der Waals surface area contributed by atoms with Crippen molar-refractivity contribution in [1.82, 2.24) is 5.32 Å². The van der Waals surface area contributed by atoms with Crippen LogP contribution in [0.3, 0.4) is 0 Å². The molecule has 0 radical (unpaired) electrons. The number of rotatable bonds is 8. The Morgan fingerprint density at radius 3 is 2.90 bits per heavy atom. The average Bonchev–Trinajstić information content (AvgIpc) is 3.24. The van der Waals surface area contributed by atoms with Gasteiger partial charge in [0.1, 0.15) is 6.04 Å². The first-order valence-electron chi connectivity index (χ1n) is 7.22. The molecule has 1 aliphatic rings. The van der Waals surface area contributed by atoms with E-state index in [1.165, 1.54) is 12.8 Å². The van der Waals surface area contributed by atoms with Gasteiger partial charge in [0, 0.05) is 7.11 Å². The SMILES string of the molecule is CCOC(=O)C(NCC1CC1)c1cccc(COC)c1. The van der Waals surface area contributed by atoms with Gasteiger partial charge in [-0.15, -0.1) is 0 Å². The van der Waals surface area contributed by atoms with E-state index in [1.807, 2.05) is 31.2 Å². The number of hydrogen-bond acceptors (Lipinski definition) is 4. The summed E-state index contributed by atoms with van der Waals surface area (Å²) >= 11 is 0. The zero-order valence-electron chi connectivity index (χ0n) is 12.2. The monoisotopic (exact) mass is 277 g/mol. The van der Waals surface area contributed by atoms with Crippen LogP contribution in [0.2, 0.25) is 0 Å². The second-order valence-corrected chi connectivity index (χ2v) is 5.21. The molecule has 1 fully saturated rings. The minimum Gasteiger partial charge on any atom is -0.465 e. The fraction of sp³-hybridized carbons (Fsp3) is 0.562. The zero-order chi connectivity index (χ0) is 14.4. The maximum absolute atomic E-state index is 12.1. The van der Waals surface area contributed by atoms with Gasteiger partial charge in [0.05, 0.1) is 13.2 Å². The number of carbonyl (C=O) groups is 1. The molecule has 0 aromatic heterocycles. The van der Waals surface area contributed by atoms with Crippen LogP contribution in [0.25, 0.3) is 0 Å². The summed E-state index contributed by atoms with van der Waals surface area (Å²) in [5, 5.41) is 3.34. The lowest BCUT2D eigenvalue weighted by molar-refractivity contribution is -0.145. The van der Waals surface area contributed by atoms with Crippen molar-refractivity contribution in [1.29, 1.82) is 0 Å². The molecule has 4 heteroatoms. The Balaban J connectivity index is 2.10. The van der Waals surface area contributed by atoms with Crippen LogP contribution in [0.5, 0.6) is 0 Å². The lowest BCUT2D eigenvalue weighted by Gasteiger charge is -2.18. The first-order chi connectivity index (χ1) is 9.74. The van der Waals surface area contributed by atoms with Crippen molar-refractivity contribution < 1.29 is 14.3 Å². The van der Waals surface area contributed by atoms with Gasteiger partial charge in [-0.1, -0.05) is 24.3 Å². The van der Waals surface area contributed by atoms with Crippen LogP contribution < -0.4 is 5.32 Å². The molecule has 20 heavy (non-hydrogen) atoms. The molecule has 1 atom stereocenters. The summed E-state index contributed by atoms with van der Waals surface area (Å²) in [5.74, 6) is 0.511. The molecule has 0 heterocycles. The summed E-state index contributed by atoms with van der Waals surface area (Å²) in [6.07, 6.45) is 2.51. The van der Waals surface area contributed by atoms with E-state index in [0.29, 0.717) is 19.1 Å². The van der Waals surface area contributed by atoms with E-state index >= 15 is 0 Å². The first kappa shape index (κ1) is 15.0. The predicted octanol–water partition coefficient (Wildman–Crippen LogP) is 2.44. The zero-order valence-corrected chi connectivity index (χ0v) is 12.2. The summed E-state index contributed by atoms with van der Waals surface area (Å²) in [4.78, 5) is 12.1. The normalized spacial score (nSPS) is 15.9. The van der Waals surface area contributed by atoms with E-state index in [9.17, 15) is 4.79 Å². The van der Waals surface area contributed by atoms with Crippen LogP contribution in [-0.2, 0) is 20.9 Å². The highest BCUT2D eigenvalue weighted by Crippen LogP contribution is 2.29. The number of esters is 1. The molecular weight excluding hydrogens is 254 g/mol. The topological polar surface area (TPSA) is 47.6 Å². The third-order valence-electron chi connectivity index (χ3n) is 3.43. The molecule has 0 aliphatic heterocycles. The summed E-state index contributed by atoms with van der Waals surface area (Å²) in [7, 11) is 1.67. The first-order valence-corrected chi connectivity index (χ1v) is 7.22. The van der Waals surface area contributed by atoms with Gasteiger partial charge in [0.2, 0.25) is 0 Å². The number of hydrogen-bond donors (Lipinski definition) is 1. The van der Waals surface area contributed by atoms with E-state index in [4.69, 9.17) is 9.47 Å². The number of carbonyl (C=O) groups excluding carboxylic acids is 1. The van der Waals surface area contributed by atoms with Crippen molar-refractivity contribution in [3.63, 3.8) is 0 Å². The summed E-state index contributed by atoms with van der Waals surface area (Å²) in [6.45, 7) is 3.65. The number of nitrogens with one attached hydrogen (secondary N) is 1. The van der Waals surface area contributed by atoms with E-state index in [0.717, 1.165) is 17.7 Å². The van der Waals surface area contributed by atoms with Gasteiger partial charge in [0.25, 0.3) is 0 Å². The largest absolute Gasteiger partial charge is 0.465 e. The van der Waals surface area contributed by atoms with Gasteiger partial charge in [-0.25, -0.2) is 4.79 Å². The van der Waals surface area contributed by atoms with Gasteiger partial charge < -0.3 is 14.8 Å². The molecule has 1 N–H and O–H groups in total. The van der Waals surface area contributed by atoms with Crippen LogP contribution >= 0.6 is 0 Å². The molecule has 1 aromatic carbocycles. The molecular formula is C16H23NO3. The van der Waals surface area contributed by atoms with Crippen LogP contribution in [0.4, 0.5) is 0 Å². The lowest BCUT2D eigenvalue weighted by atomic mass is 10.0. The Bertz CT molecular complexity index is 443. The summed E-state index contributed by atoms with van der Waals surface area (Å²) in [5.41, 5.74) is 2.01. The van der Waals surface area contributed by atoms with Crippen molar-refractivity contribution in [2.45, 2.75) is 32.4 Å². The predicted molar refractivity (Wildman–Crippen MR) is 77.3 cm³/mol. The van der Waals surface area contributed by atoms with Crippen molar-refractivity contribution in [3.05, 3.63) is 35.4 Å². The number of benzene rings is 1. The van der Waals surface area contributed by atoms with Gasteiger partial charge in [-0.2, -0.15) is 0 Å². The van der Waals surface area contributed by atoms with E-state index in [2.05, 4.69) is 5.32 Å². The molecule has 110 valence electrons. The highest BCUT2D eigenvalue weighted by Gasteiger charge is 2.26. The molecule has 2 rings (SSSR count). The maximum atomic E-state index is 12.1. The second kappa shape index (κ2) is 7.41. The summed E-state index contributed by atoms with van der Waals surface area (Å²) in [6, 6.07) is 7.53. The minimum absolute atomic E-state index is 0.206. The Morgan fingerprint density at radius 1 is 1.45 bits per heavy atom. The van der Waals surface area contributed by atoms with Crippen molar-refractivity contribution in [2.75, 3.05) is 20.3 Å². The molecule has 0 bridgehead atoms. The van der Waals surface area contributed by atoms with E-state index in [-0.39, 0.29) is 12.0 Å². The Hall–Kier alpha value is -1.39. The summed E-state index contributed by atoms with van der Waals surface area (Å²) < 4.78 is 10.3. The molecule has 4 nitrogen and oxygen atoms in total. The van der Waals surface area contributed by atoms with Crippen molar-refractivity contribution in [3.8, 4) is 0 Å². The molecule has 1 aliphatic carbocycles. The van der Waals surface area contributed by atoms with Gasteiger partial charge in [0.15, 0.2) is 0 Å². The molecule has 1 saturated carbocycles. The Labute approximate surface area is 120 Å². The van der Waals surface area contributed by atoms with Crippen molar-refractivity contribution in [2.24, 2.45) is 5.92 Å². The minimum atomic E-state index is -0.382. The van der Waals surface area contributed by atoms with Crippen LogP contribution in [0, 0.1) is 5.92 Å². The smallest absolute Gasteiger partial charge is 0.327 e. The molecule has 0 spiro atoms. The molecule has 1 unspecified atom stereocenters. The third-order valence-corrected chi connectivity index (χ3v) is 3.43. The highest BCUT2D eigenvalue weighted by atomic mass is 16.5. The standard InChI is InChI=1S/C16H23NO3/c1-3-20-16(18)15(17-10-12-7-8-12)14-6-4-5-13(9-14)11-19-2/h4-6,9,12,15,17H,3,7-8,10-11H2,1-2H3. The van der Waals surface area contributed by atoms with Gasteiger partial charge in [-0.05, 0) is 43.4 Å². The Kier molecular flexibility index (Phi) is 5.56. The Morgan fingerprint density at radius 2 is 2.25 bits per heavy atom. The number of methoxy groups -OCH3 is 1. The fourth-order valence-electron chi connectivity index (χ4n) is 2.20. The quantitative estimate of drug-likeness (QED) is 0.741. The highest BCUT2D eigenvalue weighted by molar-refractivity contribution is 5.77. The van der Waals surface area contributed by atoms with E-state index in [1.54, 1.807) is 7.11 Å². The maximum Gasteiger partial charge on any atom is 0.327 e. The molecule has 0 amide bonds. The fourth-order valence-corrected chi connectivity index (χ4v) is 2.20. The van der Waals surface area contributed by atoms with E-state index < -0.39 is 0 Å². The van der Waals surface area contributed by atoms with Gasteiger partial charge >= 0.3 is 5.97 Å². The third kappa shape index (κ3) is 4.32.